The molecule has 0 aromatic rings. The summed E-state index contributed by atoms with van der Waals surface area (Å²) in [7, 11) is -4.29. The highest BCUT2D eigenvalue weighted by Gasteiger charge is 2.25. The van der Waals surface area contributed by atoms with Crippen molar-refractivity contribution in [1.82, 2.24) is 0 Å². The summed E-state index contributed by atoms with van der Waals surface area (Å²) in [6, 6.07) is 0. The molecule has 0 bridgehead atoms. The number of esters is 1. The van der Waals surface area contributed by atoms with Gasteiger partial charge in [0.15, 0.2) is 0 Å². The second-order valence-corrected chi connectivity index (χ2v) is 17.1. The molecule has 0 aliphatic rings. The predicted molar refractivity (Wildman–Crippen MR) is 243 cm³/mol. The van der Waals surface area contributed by atoms with Crippen LogP contribution in [0.1, 0.15) is 213 Å². The molecule has 0 saturated heterocycles. The predicted octanol–water partition coefficient (Wildman–Crippen LogP) is 14.4. The number of nitrogens with two attached hydrogens (primary N) is 1. The minimum absolute atomic E-state index is 0.0932. The van der Waals surface area contributed by atoms with Crippen molar-refractivity contribution < 1.29 is 32.8 Å². The van der Waals surface area contributed by atoms with Gasteiger partial charge in [0, 0.05) is 19.6 Å². The quantitative estimate of drug-likeness (QED) is 0.0270. The summed E-state index contributed by atoms with van der Waals surface area (Å²) < 4.78 is 33.4. The van der Waals surface area contributed by atoms with Crippen molar-refractivity contribution in [3.8, 4) is 0 Å². The lowest BCUT2D eigenvalue weighted by molar-refractivity contribution is -0.154. The van der Waals surface area contributed by atoms with Gasteiger partial charge in [0.05, 0.1) is 19.8 Å². The van der Waals surface area contributed by atoms with Crippen LogP contribution >= 0.6 is 7.82 Å². The van der Waals surface area contributed by atoms with Crippen molar-refractivity contribution in [2.45, 2.75) is 219 Å². The van der Waals surface area contributed by atoms with Crippen LogP contribution in [0.2, 0.25) is 0 Å². The monoisotopic (exact) mass is 824 g/mol. The molecule has 0 fully saturated rings. The lowest BCUT2D eigenvalue weighted by Gasteiger charge is -2.20. The zero-order chi connectivity index (χ0) is 41.6. The minimum atomic E-state index is -4.29. The van der Waals surface area contributed by atoms with Gasteiger partial charge in [0.2, 0.25) is 0 Å². The fourth-order valence-corrected chi connectivity index (χ4v) is 7.34. The molecule has 3 N–H and O–H groups in total. The molecule has 9 heteroatoms. The molecule has 0 aromatic carbocycles. The van der Waals surface area contributed by atoms with Crippen molar-refractivity contribution in [3.05, 3.63) is 48.6 Å². The smallest absolute Gasteiger partial charge is 0.457 e. The van der Waals surface area contributed by atoms with Crippen LogP contribution in [0.5, 0.6) is 0 Å². The van der Waals surface area contributed by atoms with Crippen molar-refractivity contribution in [2.75, 3.05) is 33.0 Å². The van der Waals surface area contributed by atoms with Gasteiger partial charge in [-0.2, -0.15) is 0 Å². The van der Waals surface area contributed by atoms with Crippen LogP contribution in [0.3, 0.4) is 0 Å². The van der Waals surface area contributed by atoms with Gasteiger partial charge in [-0.25, -0.2) is 4.57 Å². The van der Waals surface area contributed by atoms with Crippen LogP contribution in [0.4, 0.5) is 0 Å². The summed E-state index contributed by atoms with van der Waals surface area (Å²) in [6.45, 7) is 4.78. The third kappa shape index (κ3) is 45.4. The van der Waals surface area contributed by atoms with Gasteiger partial charge in [-0.3, -0.25) is 13.8 Å². The zero-order valence-corrected chi connectivity index (χ0v) is 38.0. The van der Waals surface area contributed by atoms with Gasteiger partial charge in [-0.1, -0.05) is 204 Å². The van der Waals surface area contributed by atoms with Crippen LogP contribution in [0, 0.1) is 0 Å². The van der Waals surface area contributed by atoms with Crippen LogP contribution in [0.15, 0.2) is 48.6 Å². The molecule has 0 saturated carbocycles. The van der Waals surface area contributed by atoms with Crippen LogP contribution in [-0.4, -0.2) is 49.9 Å². The lowest BCUT2D eigenvalue weighted by Crippen LogP contribution is -2.28. The minimum Gasteiger partial charge on any atom is -0.457 e. The van der Waals surface area contributed by atoms with Crippen molar-refractivity contribution in [3.63, 3.8) is 0 Å². The molecule has 2 atom stereocenters. The van der Waals surface area contributed by atoms with Gasteiger partial charge in [0.25, 0.3) is 0 Å². The van der Waals surface area contributed by atoms with Gasteiger partial charge < -0.3 is 20.1 Å². The maximum absolute atomic E-state index is 12.6. The van der Waals surface area contributed by atoms with E-state index in [0.717, 1.165) is 51.4 Å². The zero-order valence-electron chi connectivity index (χ0n) is 37.1. The first-order chi connectivity index (χ1) is 27.9. The van der Waals surface area contributed by atoms with Crippen LogP contribution in [-0.2, 0) is 27.9 Å². The van der Waals surface area contributed by atoms with Crippen LogP contribution in [0.25, 0.3) is 0 Å². The Bertz CT molecular complexity index is 1010. The molecule has 0 radical (unpaired) electrons. The van der Waals surface area contributed by atoms with Gasteiger partial charge in [0.1, 0.15) is 6.10 Å². The number of allylic oxidation sites excluding steroid dienone is 8. The molecule has 0 aliphatic carbocycles. The van der Waals surface area contributed by atoms with Gasteiger partial charge in [-0.15, -0.1) is 0 Å². The van der Waals surface area contributed by atoms with E-state index in [0.29, 0.717) is 13.0 Å². The van der Waals surface area contributed by atoms with Gasteiger partial charge in [-0.05, 0) is 51.4 Å². The molecule has 334 valence electrons. The average molecular weight is 824 g/mol. The fourth-order valence-electron chi connectivity index (χ4n) is 6.58. The number of carbonyl (C=O) groups excluding carboxylic acids is 1. The number of unbranched alkanes of at least 4 members (excludes halogenated alkanes) is 24. The summed E-state index contributed by atoms with van der Waals surface area (Å²) in [5.41, 5.74) is 5.37. The fraction of sp³-hybridized carbons (Fsp3) is 0.812. The Balaban J connectivity index is 3.96. The summed E-state index contributed by atoms with van der Waals surface area (Å²) in [6.07, 6.45) is 54.4. The van der Waals surface area contributed by atoms with E-state index in [4.69, 9.17) is 24.3 Å². The molecule has 0 spiro atoms. The molecule has 0 amide bonds. The Kier molecular flexibility index (Phi) is 44.3. The summed E-state index contributed by atoms with van der Waals surface area (Å²) >= 11 is 0. The third-order valence-electron chi connectivity index (χ3n) is 10.0. The summed E-state index contributed by atoms with van der Waals surface area (Å²) in [4.78, 5) is 22.5. The number of hydrogen-bond donors (Lipinski definition) is 2. The molecular formula is C48H90NO7P. The second kappa shape index (κ2) is 45.5. The topological polar surface area (TPSA) is 117 Å². The largest absolute Gasteiger partial charge is 0.472 e. The van der Waals surface area contributed by atoms with Crippen molar-refractivity contribution >= 4 is 13.8 Å². The normalized spacial score (nSPS) is 13.8. The number of rotatable bonds is 45. The molecule has 0 aliphatic heterocycles. The molecule has 8 nitrogen and oxygen atoms in total. The molecule has 0 aromatic heterocycles. The Morgan fingerprint density at radius 1 is 0.544 bits per heavy atom. The van der Waals surface area contributed by atoms with Gasteiger partial charge >= 0.3 is 13.8 Å². The van der Waals surface area contributed by atoms with E-state index in [1.807, 2.05) is 0 Å². The first-order valence-corrected chi connectivity index (χ1v) is 25.1. The Morgan fingerprint density at radius 3 is 1.44 bits per heavy atom. The number of ether oxygens (including phenoxy) is 2. The maximum atomic E-state index is 12.6. The first-order valence-electron chi connectivity index (χ1n) is 23.6. The maximum Gasteiger partial charge on any atom is 0.472 e. The first kappa shape index (κ1) is 55.5. The Morgan fingerprint density at radius 2 is 0.982 bits per heavy atom. The number of carbonyl (C=O) groups is 1. The second-order valence-electron chi connectivity index (χ2n) is 15.6. The third-order valence-corrected chi connectivity index (χ3v) is 11.0. The molecule has 0 heterocycles. The molecule has 57 heavy (non-hydrogen) atoms. The van der Waals surface area contributed by atoms with E-state index >= 15 is 0 Å². The standard InChI is InChI=1S/C48H90NO7P/c1-3-5-7-9-11-13-15-17-19-20-21-22-23-24-25-26-28-30-32-34-36-38-40-43-53-45-47(46-55-57(51,52)54-44-42-49)56-48(50)41-39-37-35-33-31-29-27-18-16-14-12-10-8-6-4-2/h6,8,12,14,18,27,31,33,47H,3-5,7,9-11,13,15-17,19-26,28-30,32,34-46,49H2,1-2H3,(H,51,52)/b8-6-,14-12-,27-18-,33-31-. The van der Waals surface area contributed by atoms with Crippen molar-refractivity contribution in [2.24, 2.45) is 5.73 Å². The molecule has 2 unspecified atom stereocenters. The van der Waals surface area contributed by atoms with E-state index in [-0.39, 0.29) is 38.8 Å². The van der Waals surface area contributed by atoms with E-state index < -0.39 is 13.9 Å². The number of phosphoric ester groups is 1. The van der Waals surface area contributed by atoms with Crippen molar-refractivity contribution in [1.29, 1.82) is 0 Å². The van der Waals surface area contributed by atoms with Crippen LogP contribution < -0.4 is 5.73 Å². The highest BCUT2D eigenvalue weighted by Crippen LogP contribution is 2.43. The lowest BCUT2D eigenvalue weighted by atomic mass is 10.0. The molecule has 0 rings (SSSR count). The Labute approximate surface area is 351 Å². The number of hydrogen-bond acceptors (Lipinski definition) is 7. The van der Waals surface area contributed by atoms with E-state index in [2.05, 4.69) is 62.5 Å². The Hall–Kier alpha value is -1.54. The average Bonchev–Trinajstić information content (AvgIpc) is 3.20. The highest BCUT2D eigenvalue weighted by molar-refractivity contribution is 7.47. The van der Waals surface area contributed by atoms with E-state index in [9.17, 15) is 14.3 Å². The molecular weight excluding hydrogens is 734 g/mol. The summed E-state index contributed by atoms with van der Waals surface area (Å²) in [5, 5.41) is 0. The summed E-state index contributed by atoms with van der Waals surface area (Å²) in [5.74, 6) is -0.368. The van der Waals surface area contributed by atoms with E-state index in [1.54, 1.807) is 0 Å². The van der Waals surface area contributed by atoms with E-state index in [1.165, 1.54) is 135 Å². The SMILES string of the molecule is CC/C=C\C/C=C\C/C=C\C/C=C\CCCCC(=O)OC(COCCCCCCCCCCCCCCCCCCCCCCCCC)COP(=O)(O)OCCN. The number of phosphoric acid groups is 1. The highest BCUT2D eigenvalue weighted by atomic mass is 31.2.